The van der Waals surface area contributed by atoms with Gasteiger partial charge in [0.15, 0.2) is 5.52 Å². The maximum absolute atomic E-state index is 4.64. The summed E-state index contributed by atoms with van der Waals surface area (Å²) in [6, 6.07) is 13.9. The molecule has 4 aromatic rings. The average molecular weight is 257 g/mol. The molecule has 3 aromatic heterocycles. The number of nitrogens with zero attached hydrogens (tertiary/aromatic N) is 3. The Hall–Kier alpha value is -2.20. The summed E-state index contributed by atoms with van der Waals surface area (Å²) in [5.74, 6) is 0. The zero-order chi connectivity index (χ0) is 11.2. The van der Waals surface area contributed by atoms with Crippen LogP contribution in [0.25, 0.3) is 28.0 Å². The van der Waals surface area contributed by atoms with Crippen LogP contribution in [0.3, 0.4) is 0 Å². The van der Waals surface area contributed by atoms with E-state index in [9.17, 15) is 0 Å². The Morgan fingerprint density at radius 2 is 1.61 bits per heavy atom. The molecule has 0 fully saturated rings. The molecule has 1 N–H and O–H groups in total. The summed E-state index contributed by atoms with van der Waals surface area (Å²) in [5, 5.41) is 0. The van der Waals surface area contributed by atoms with Crippen molar-refractivity contribution >= 4 is 28.0 Å². The predicted molar refractivity (Wildman–Crippen MR) is 64.6 cm³/mol. The third-order valence-electron chi connectivity index (χ3n) is 2.89. The van der Waals surface area contributed by atoms with Crippen LogP contribution in [0.5, 0.6) is 0 Å². The quantitative estimate of drug-likeness (QED) is 0.404. The van der Waals surface area contributed by atoms with Gasteiger partial charge in [0.2, 0.25) is 5.65 Å². The van der Waals surface area contributed by atoms with Crippen LogP contribution in [-0.2, 0) is 0 Å². The van der Waals surface area contributed by atoms with Crippen LogP contribution in [0.2, 0.25) is 0 Å². The maximum atomic E-state index is 4.64. The topological polar surface area (TPSA) is 45.7 Å². The highest BCUT2D eigenvalue weighted by molar-refractivity contribution is 5.82. The van der Waals surface area contributed by atoms with Crippen LogP contribution >= 0.6 is 0 Å². The number of pyridine rings is 1. The van der Waals surface area contributed by atoms with Gasteiger partial charge in [0.05, 0.1) is 6.20 Å². The first kappa shape index (κ1) is 10.9. The lowest BCUT2D eigenvalue weighted by Gasteiger charge is -1.90. The second-order valence-electron chi connectivity index (χ2n) is 3.97. The molecule has 0 spiro atoms. The van der Waals surface area contributed by atoms with Crippen LogP contribution in [0.4, 0.5) is 0 Å². The second-order valence-corrected chi connectivity index (χ2v) is 3.97. The minimum atomic E-state index is 0. The van der Waals surface area contributed by atoms with Crippen molar-refractivity contribution in [2.75, 3.05) is 0 Å². The third kappa shape index (κ3) is 1.43. The van der Waals surface area contributed by atoms with Crippen molar-refractivity contribution in [2.45, 2.75) is 0 Å². The maximum Gasteiger partial charge on any atom is 0.327 e. The highest BCUT2D eigenvalue weighted by Crippen LogP contribution is 2.13. The smallest absolute Gasteiger partial charge is 0.327 e. The zero-order valence-electron chi connectivity index (χ0n) is 9.34. The molecule has 0 aliphatic carbocycles. The van der Waals surface area contributed by atoms with E-state index in [0.717, 1.165) is 28.0 Å². The Labute approximate surface area is 109 Å². The van der Waals surface area contributed by atoms with Gasteiger partial charge in [0, 0.05) is 6.07 Å². The van der Waals surface area contributed by atoms with Crippen LogP contribution < -0.4 is 16.8 Å². The molecule has 0 saturated heterocycles. The van der Waals surface area contributed by atoms with E-state index in [1.165, 1.54) is 0 Å². The molecule has 0 aliphatic heterocycles. The number of hydrogen-bond acceptors (Lipinski definition) is 2. The largest absolute Gasteiger partial charge is 1.00 e. The Morgan fingerprint density at radius 3 is 2.44 bits per heavy atom. The summed E-state index contributed by atoms with van der Waals surface area (Å²) >= 11 is 0. The number of benzene rings is 1. The van der Waals surface area contributed by atoms with E-state index in [0.29, 0.717) is 0 Å². The molecular weight excluding hydrogens is 248 g/mol. The molecular formula is C13H9ClN4. The lowest BCUT2D eigenvalue weighted by molar-refractivity contribution is -0.483. The van der Waals surface area contributed by atoms with Crippen molar-refractivity contribution in [3.8, 4) is 0 Å². The zero-order valence-corrected chi connectivity index (χ0v) is 10.1. The number of halogens is 1. The fraction of sp³-hybridized carbons (Fsp3) is 0. The summed E-state index contributed by atoms with van der Waals surface area (Å²) < 4.78 is 2.01. The van der Waals surface area contributed by atoms with Crippen LogP contribution in [0, 0.1) is 0 Å². The molecule has 4 rings (SSSR count). The van der Waals surface area contributed by atoms with E-state index in [1.807, 2.05) is 53.1 Å². The fourth-order valence-corrected chi connectivity index (χ4v) is 2.09. The number of fused-ring (bicyclic) bond motifs is 4. The van der Waals surface area contributed by atoms with Crippen molar-refractivity contribution in [3.63, 3.8) is 0 Å². The molecule has 0 bridgehead atoms. The molecule has 4 nitrogen and oxygen atoms in total. The Balaban J connectivity index is 0.000001000. The Kier molecular flexibility index (Phi) is 2.38. The monoisotopic (exact) mass is 256 g/mol. The molecule has 0 aliphatic rings. The number of rotatable bonds is 0. The number of aromatic nitrogens is 4. The summed E-state index contributed by atoms with van der Waals surface area (Å²) in [6.45, 7) is 0. The average Bonchev–Trinajstić information content (AvgIpc) is 2.73. The standard InChI is InChI=1S/C13H8N4.ClH/c1-2-6-10-9(5-1)14-12-13(15-10)17-8-4-3-7-11(17)16-12;/h1-8H;1H. The third-order valence-corrected chi connectivity index (χ3v) is 2.89. The van der Waals surface area contributed by atoms with Crippen molar-refractivity contribution < 1.29 is 16.8 Å². The first-order chi connectivity index (χ1) is 8.42. The molecule has 0 radical (unpaired) electrons. The van der Waals surface area contributed by atoms with E-state index in [-0.39, 0.29) is 12.4 Å². The minimum absolute atomic E-state index is 0. The Morgan fingerprint density at radius 1 is 0.889 bits per heavy atom. The molecule has 3 heterocycles. The van der Waals surface area contributed by atoms with Gasteiger partial charge in [-0.15, -0.1) is 0 Å². The predicted octanol–water partition coefficient (Wildman–Crippen LogP) is -1.15. The number of hydrogen-bond donors (Lipinski definition) is 1. The van der Waals surface area contributed by atoms with E-state index < -0.39 is 0 Å². The van der Waals surface area contributed by atoms with Crippen LogP contribution in [0.1, 0.15) is 0 Å². The molecule has 1 aromatic carbocycles. The van der Waals surface area contributed by atoms with Gasteiger partial charge in [-0.25, -0.2) is 4.98 Å². The summed E-state index contributed by atoms with van der Waals surface area (Å²) in [5.41, 5.74) is 4.50. The summed E-state index contributed by atoms with van der Waals surface area (Å²) in [7, 11) is 0. The van der Waals surface area contributed by atoms with E-state index in [1.54, 1.807) is 0 Å². The molecule has 5 heteroatoms. The number of H-pyrrole nitrogens is 1. The molecule has 0 unspecified atom stereocenters. The molecule has 18 heavy (non-hydrogen) atoms. The van der Waals surface area contributed by atoms with Crippen molar-refractivity contribution in [1.82, 2.24) is 15.0 Å². The van der Waals surface area contributed by atoms with Crippen LogP contribution in [0.15, 0.2) is 48.7 Å². The first-order valence-electron chi connectivity index (χ1n) is 5.47. The number of imidazole rings is 1. The van der Waals surface area contributed by atoms with Gasteiger partial charge >= 0.3 is 5.65 Å². The Bertz CT molecular complexity index is 847. The SMILES string of the molecule is [Cl-].c1ccc2nc3c(nc2c1)[nH]c1cccc[n+]13. The van der Waals surface area contributed by atoms with Crippen molar-refractivity contribution in [2.24, 2.45) is 0 Å². The van der Waals surface area contributed by atoms with E-state index >= 15 is 0 Å². The second kappa shape index (κ2) is 3.92. The molecule has 0 amide bonds. The van der Waals surface area contributed by atoms with Gasteiger partial charge in [-0.2, -0.15) is 4.40 Å². The van der Waals surface area contributed by atoms with Crippen LogP contribution in [-0.4, -0.2) is 15.0 Å². The molecule has 0 atom stereocenters. The van der Waals surface area contributed by atoms with E-state index in [4.69, 9.17) is 0 Å². The first-order valence-corrected chi connectivity index (χ1v) is 5.47. The fourth-order valence-electron chi connectivity index (χ4n) is 2.09. The summed E-state index contributed by atoms with van der Waals surface area (Å²) in [4.78, 5) is 12.5. The van der Waals surface area contributed by atoms with Gasteiger partial charge in [0.25, 0.3) is 5.65 Å². The molecule has 0 saturated carbocycles. The number of aromatic amines is 1. The molecule has 88 valence electrons. The highest BCUT2D eigenvalue weighted by atomic mass is 35.5. The van der Waals surface area contributed by atoms with Crippen molar-refractivity contribution in [3.05, 3.63) is 48.7 Å². The van der Waals surface area contributed by atoms with Gasteiger partial charge in [0.1, 0.15) is 5.52 Å². The van der Waals surface area contributed by atoms with Gasteiger partial charge in [-0.3, -0.25) is 4.98 Å². The highest BCUT2D eigenvalue weighted by Gasteiger charge is 2.14. The lowest BCUT2D eigenvalue weighted by atomic mass is 10.3. The van der Waals surface area contributed by atoms with Gasteiger partial charge in [-0.1, -0.05) is 23.2 Å². The van der Waals surface area contributed by atoms with Gasteiger partial charge < -0.3 is 12.4 Å². The lowest BCUT2D eigenvalue weighted by Crippen LogP contribution is -3.00. The van der Waals surface area contributed by atoms with E-state index in [2.05, 4.69) is 15.0 Å². The number of para-hydroxylation sites is 2. The normalized spacial score (nSPS) is 10.9. The van der Waals surface area contributed by atoms with Crippen molar-refractivity contribution in [1.29, 1.82) is 0 Å². The van der Waals surface area contributed by atoms with Gasteiger partial charge in [-0.05, 0) is 18.2 Å². The minimum Gasteiger partial charge on any atom is -1.00 e. The number of nitrogens with one attached hydrogen (secondary N) is 1. The summed E-state index contributed by atoms with van der Waals surface area (Å²) in [6.07, 6.45) is 1.98.